The standard InChI is InChI=1S/C10H8N6O6S/c1-22-5(17)2-4-8(18)13-10(23-4)15-14-9(19)6-7(16(20)21)12-3-11-6/h2-3H,1H3,(H,11,12)(H,14,19)(H,13,15,18). The molecule has 1 fully saturated rings. The summed E-state index contributed by atoms with van der Waals surface area (Å²) in [6.45, 7) is 0. The molecule has 0 unspecified atom stereocenters. The molecule has 0 bridgehead atoms. The van der Waals surface area contributed by atoms with Crippen LogP contribution >= 0.6 is 11.8 Å². The van der Waals surface area contributed by atoms with Gasteiger partial charge in [-0.1, -0.05) is 0 Å². The number of H-pyrrole nitrogens is 1. The van der Waals surface area contributed by atoms with Gasteiger partial charge in [0.05, 0.1) is 12.0 Å². The Hall–Kier alpha value is -3.22. The van der Waals surface area contributed by atoms with E-state index in [1.807, 2.05) is 5.43 Å². The van der Waals surface area contributed by atoms with E-state index in [4.69, 9.17) is 0 Å². The van der Waals surface area contributed by atoms with E-state index in [9.17, 15) is 24.5 Å². The van der Waals surface area contributed by atoms with Crippen LogP contribution in [0.15, 0.2) is 22.4 Å². The molecule has 0 spiro atoms. The highest BCUT2D eigenvalue weighted by molar-refractivity contribution is 8.18. The first-order valence-electron chi connectivity index (χ1n) is 5.77. The van der Waals surface area contributed by atoms with Crippen molar-refractivity contribution in [3.05, 3.63) is 33.1 Å². The number of imidazole rings is 1. The normalized spacial score (nSPS) is 17.2. The molecule has 2 rings (SSSR count). The van der Waals surface area contributed by atoms with E-state index in [-0.39, 0.29) is 10.1 Å². The van der Waals surface area contributed by atoms with E-state index in [1.54, 1.807) is 0 Å². The van der Waals surface area contributed by atoms with Crippen LogP contribution in [-0.2, 0) is 14.3 Å². The third-order valence-corrected chi connectivity index (χ3v) is 3.29. The van der Waals surface area contributed by atoms with Crippen LogP contribution in [-0.4, -0.2) is 45.0 Å². The van der Waals surface area contributed by atoms with Gasteiger partial charge in [-0.15, -0.1) is 5.10 Å². The van der Waals surface area contributed by atoms with Gasteiger partial charge in [0.15, 0.2) is 11.5 Å². The SMILES string of the molecule is COC(=O)C=C1SC(=NNC(=O)c2nc[nH]c2[N+](=O)[O-])NC1=O. The maximum Gasteiger partial charge on any atom is 0.353 e. The molecule has 3 N–H and O–H groups in total. The summed E-state index contributed by atoms with van der Waals surface area (Å²) in [5.41, 5.74) is 1.55. The molecular weight excluding hydrogens is 332 g/mol. The number of nitro groups is 1. The number of aromatic amines is 1. The van der Waals surface area contributed by atoms with Crippen LogP contribution in [0.4, 0.5) is 5.82 Å². The monoisotopic (exact) mass is 340 g/mol. The van der Waals surface area contributed by atoms with Gasteiger partial charge in [0.1, 0.15) is 0 Å². The van der Waals surface area contributed by atoms with Gasteiger partial charge in [-0.3, -0.25) is 14.9 Å². The first kappa shape index (κ1) is 16.2. The number of methoxy groups -OCH3 is 1. The highest BCUT2D eigenvalue weighted by atomic mass is 32.2. The molecule has 0 aliphatic carbocycles. The zero-order valence-corrected chi connectivity index (χ0v) is 12.2. The smallest absolute Gasteiger partial charge is 0.353 e. The zero-order chi connectivity index (χ0) is 17.0. The number of amides is 2. The molecule has 0 atom stereocenters. The molecule has 12 nitrogen and oxygen atoms in total. The lowest BCUT2D eigenvalue weighted by Crippen LogP contribution is -2.25. The topological polar surface area (TPSA) is 169 Å². The molecule has 13 heteroatoms. The van der Waals surface area contributed by atoms with Crippen LogP contribution in [0.5, 0.6) is 0 Å². The van der Waals surface area contributed by atoms with Crippen molar-refractivity contribution in [1.29, 1.82) is 0 Å². The fourth-order valence-electron chi connectivity index (χ4n) is 1.39. The Labute approximate surface area is 131 Å². The largest absolute Gasteiger partial charge is 0.466 e. The number of rotatable bonds is 4. The molecular formula is C10H8N6O6S. The molecule has 1 aromatic heterocycles. The lowest BCUT2D eigenvalue weighted by Gasteiger charge is -1.98. The molecule has 0 saturated carbocycles. The second-order valence-corrected chi connectivity index (χ2v) is 4.83. The van der Waals surface area contributed by atoms with E-state index < -0.39 is 34.2 Å². The van der Waals surface area contributed by atoms with Gasteiger partial charge in [0.2, 0.25) is 5.69 Å². The minimum absolute atomic E-state index is 0.0170. The Morgan fingerprint density at radius 2 is 2.30 bits per heavy atom. The molecule has 0 aromatic carbocycles. The summed E-state index contributed by atoms with van der Waals surface area (Å²) >= 11 is 0.785. The van der Waals surface area contributed by atoms with Crippen molar-refractivity contribution in [2.45, 2.75) is 0 Å². The number of esters is 1. The number of carbonyl (C=O) groups excluding carboxylic acids is 3. The molecule has 1 aromatic rings. The van der Waals surface area contributed by atoms with Crippen molar-refractivity contribution in [3.8, 4) is 0 Å². The van der Waals surface area contributed by atoms with Crippen molar-refractivity contribution < 1.29 is 24.0 Å². The number of amidine groups is 1. The maximum atomic E-state index is 11.8. The highest BCUT2D eigenvalue weighted by Gasteiger charge is 2.26. The van der Waals surface area contributed by atoms with E-state index >= 15 is 0 Å². The Balaban J connectivity index is 2.07. The van der Waals surface area contributed by atoms with Crippen molar-refractivity contribution in [1.82, 2.24) is 20.7 Å². The van der Waals surface area contributed by atoms with Gasteiger partial charge in [0, 0.05) is 6.08 Å². The number of thioether (sulfide) groups is 1. The van der Waals surface area contributed by atoms with E-state index in [0.717, 1.165) is 31.3 Å². The number of aromatic nitrogens is 2. The Morgan fingerprint density at radius 3 is 2.96 bits per heavy atom. The lowest BCUT2D eigenvalue weighted by atomic mass is 10.4. The molecule has 0 radical (unpaired) electrons. The van der Waals surface area contributed by atoms with Crippen LogP contribution in [0, 0.1) is 10.1 Å². The summed E-state index contributed by atoms with van der Waals surface area (Å²) in [4.78, 5) is 50.0. The average Bonchev–Trinajstić information content (AvgIpc) is 3.12. The third-order valence-electron chi connectivity index (χ3n) is 2.38. The third kappa shape index (κ3) is 3.70. The van der Waals surface area contributed by atoms with Gasteiger partial charge in [-0.2, -0.15) is 0 Å². The van der Waals surface area contributed by atoms with Crippen LogP contribution < -0.4 is 10.7 Å². The second-order valence-electron chi connectivity index (χ2n) is 3.80. The molecule has 23 heavy (non-hydrogen) atoms. The van der Waals surface area contributed by atoms with Crippen LogP contribution in [0.25, 0.3) is 0 Å². The number of hydrogen-bond donors (Lipinski definition) is 3. The van der Waals surface area contributed by atoms with Gasteiger partial charge < -0.3 is 14.9 Å². The Morgan fingerprint density at radius 1 is 1.57 bits per heavy atom. The quantitative estimate of drug-likeness (QED) is 0.278. The highest BCUT2D eigenvalue weighted by Crippen LogP contribution is 2.23. The van der Waals surface area contributed by atoms with Crippen molar-refractivity contribution in [3.63, 3.8) is 0 Å². The number of nitrogens with one attached hydrogen (secondary N) is 3. The summed E-state index contributed by atoms with van der Waals surface area (Å²) in [7, 11) is 1.16. The van der Waals surface area contributed by atoms with Gasteiger partial charge in [0.25, 0.3) is 11.8 Å². The predicted octanol–water partition coefficient (Wildman–Crippen LogP) is -0.761. The van der Waals surface area contributed by atoms with Crippen molar-refractivity contribution in [2.75, 3.05) is 7.11 Å². The average molecular weight is 340 g/mol. The summed E-state index contributed by atoms with van der Waals surface area (Å²) in [6, 6.07) is 0. The maximum absolute atomic E-state index is 11.8. The molecule has 2 heterocycles. The lowest BCUT2D eigenvalue weighted by molar-refractivity contribution is -0.389. The van der Waals surface area contributed by atoms with Crippen molar-refractivity contribution in [2.24, 2.45) is 5.10 Å². The van der Waals surface area contributed by atoms with E-state index in [2.05, 4.69) is 25.1 Å². The summed E-state index contributed by atoms with van der Waals surface area (Å²) in [5.74, 6) is -2.85. The van der Waals surface area contributed by atoms with Crippen LogP contribution in [0.1, 0.15) is 10.5 Å². The fraction of sp³-hybridized carbons (Fsp3) is 0.100. The molecule has 1 aliphatic rings. The number of hydrazone groups is 1. The second kappa shape index (κ2) is 6.69. The Bertz CT molecular complexity index is 753. The van der Waals surface area contributed by atoms with Crippen molar-refractivity contribution >= 4 is 40.5 Å². The Kier molecular flexibility index (Phi) is 4.70. The summed E-state index contributed by atoms with van der Waals surface area (Å²) < 4.78 is 4.38. The predicted molar refractivity (Wildman–Crippen MR) is 76.0 cm³/mol. The summed E-state index contributed by atoms with van der Waals surface area (Å²) in [6.07, 6.45) is 1.95. The van der Waals surface area contributed by atoms with E-state index in [0.29, 0.717) is 0 Å². The first-order chi connectivity index (χ1) is 10.9. The van der Waals surface area contributed by atoms with Crippen LogP contribution in [0.2, 0.25) is 0 Å². The van der Waals surface area contributed by atoms with Gasteiger partial charge >= 0.3 is 11.8 Å². The summed E-state index contributed by atoms with van der Waals surface area (Å²) in [5, 5.41) is 16.5. The number of ether oxygens (including phenoxy) is 1. The minimum atomic E-state index is -0.939. The van der Waals surface area contributed by atoms with E-state index in [1.165, 1.54) is 0 Å². The number of nitrogens with zero attached hydrogens (tertiary/aromatic N) is 3. The van der Waals surface area contributed by atoms with Gasteiger partial charge in [-0.25, -0.2) is 20.2 Å². The molecule has 1 saturated heterocycles. The zero-order valence-electron chi connectivity index (χ0n) is 11.4. The molecule has 1 aliphatic heterocycles. The molecule has 2 amide bonds. The number of hydrogen-bond acceptors (Lipinski definition) is 9. The minimum Gasteiger partial charge on any atom is -0.466 e. The fourth-order valence-corrected chi connectivity index (χ4v) is 2.14. The van der Waals surface area contributed by atoms with Gasteiger partial charge in [-0.05, 0) is 16.7 Å². The molecule has 120 valence electrons. The number of carbonyl (C=O) groups is 3. The first-order valence-corrected chi connectivity index (χ1v) is 6.58. The van der Waals surface area contributed by atoms with Crippen LogP contribution in [0.3, 0.4) is 0 Å².